The van der Waals surface area contributed by atoms with Gasteiger partial charge in [-0.3, -0.25) is 4.79 Å². The van der Waals surface area contributed by atoms with Gasteiger partial charge in [0.1, 0.15) is 12.1 Å². The first-order valence-corrected chi connectivity index (χ1v) is 8.26. The third kappa shape index (κ3) is 3.44. The summed E-state index contributed by atoms with van der Waals surface area (Å²) in [5, 5.41) is 19.5. The van der Waals surface area contributed by atoms with Crippen LogP contribution in [0.3, 0.4) is 0 Å². The maximum absolute atomic E-state index is 12.6. The van der Waals surface area contributed by atoms with Gasteiger partial charge in [0.15, 0.2) is 0 Å². The highest BCUT2D eigenvalue weighted by Crippen LogP contribution is 2.15. The molecule has 0 aliphatic rings. The van der Waals surface area contributed by atoms with Crippen LogP contribution in [0.15, 0.2) is 67.0 Å². The highest BCUT2D eigenvalue weighted by atomic mass is 16.2. The molecule has 0 aliphatic heterocycles. The monoisotopic (exact) mass is 347 g/mol. The lowest BCUT2D eigenvalue weighted by atomic mass is 10.1. The van der Waals surface area contributed by atoms with Crippen LogP contribution in [-0.2, 0) is 17.9 Å². The summed E-state index contributed by atoms with van der Waals surface area (Å²) in [7, 11) is 0. The van der Waals surface area contributed by atoms with Gasteiger partial charge in [-0.25, -0.2) is 4.68 Å². The van der Waals surface area contributed by atoms with Gasteiger partial charge < -0.3 is 5.32 Å². The van der Waals surface area contributed by atoms with Gasteiger partial charge >= 0.3 is 0 Å². The predicted molar refractivity (Wildman–Crippen MR) is 94.9 cm³/mol. The van der Waals surface area contributed by atoms with Crippen molar-refractivity contribution in [1.82, 2.24) is 35.3 Å². The Morgan fingerprint density at radius 1 is 1.00 bits per heavy atom. The van der Waals surface area contributed by atoms with Crippen LogP contribution in [0.1, 0.15) is 11.6 Å². The Bertz CT molecular complexity index is 995. The van der Waals surface area contributed by atoms with Crippen LogP contribution in [0.25, 0.3) is 11.0 Å². The first-order valence-electron chi connectivity index (χ1n) is 8.26. The number of aromatic nitrogens is 6. The molecule has 4 aromatic rings. The number of hydrogen-bond acceptors (Lipinski definition) is 5. The van der Waals surface area contributed by atoms with Gasteiger partial charge in [0.2, 0.25) is 5.91 Å². The fraction of sp³-hybridized carbons (Fsp3) is 0.167. The van der Waals surface area contributed by atoms with E-state index in [1.54, 1.807) is 21.9 Å². The molecule has 1 unspecified atom stereocenters. The standard InChI is InChI=1S/C18H17N7O/c26-18(13-24-17-9-5-4-8-15(17)22-23-24)21-16(12-25-19-10-11-20-25)14-6-2-1-3-7-14/h1-11,16H,12-13H2,(H,21,26). The Morgan fingerprint density at radius 3 is 2.54 bits per heavy atom. The van der Waals surface area contributed by atoms with Crippen molar-refractivity contribution in [1.29, 1.82) is 0 Å². The molecule has 0 spiro atoms. The quantitative estimate of drug-likeness (QED) is 0.572. The highest BCUT2D eigenvalue weighted by Gasteiger charge is 2.17. The molecular weight excluding hydrogens is 330 g/mol. The van der Waals surface area contributed by atoms with E-state index in [1.165, 1.54) is 0 Å². The highest BCUT2D eigenvalue weighted by molar-refractivity contribution is 5.80. The number of amides is 1. The van der Waals surface area contributed by atoms with E-state index >= 15 is 0 Å². The van der Waals surface area contributed by atoms with Crippen molar-refractivity contribution in [2.75, 3.05) is 0 Å². The fourth-order valence-electron chi connectivity index (χ4n) is 2.83. The molecule has 8 heteroatoms. The number of para-hydroxylation sites is 1. The summed E-state index contributed by atoms with van der Waals surface area (Å²) in [5.74, 6) is -0.151. The van der Waals surface area contributed by atoms with Crippen LogP contribution >= 0.6 is 0 Å². The van der Waals surface area contributed by atoms with Gasteiger partial charge in [-0.2, -0.15) is 15.0 Å². The second-order valence-corrected chi connectivity index (χ2v) is 5.85. The van der Waals surface area contributed by atoms with Crippen molar-refractivity contribution >= 4 is 16.9 Å². The Labute approximate surface area is 149 Å². The zero-order valence-electron chi connectivity index (χ0n) is 13.9. The van der Waals surface area contributed by atoms with E-state index in [0.717, 1.165) is 16.6 Å². The van der Waals surface area contributed by atoms with Gasteiger partial charge in [0.25, 0.3) is 0 Å². The van der Waals surface area contributed by atoms with E-state index in [0.29, 0.717) is 6.54 Å². The van der Waals surface area contributed by atoms with E-state index in [4.69, 9.17) is 0 Å². The maximum Gasteiger partial charge on any atom is 0.242 e. The number of rotatable bonds is 6. The molecule has 0 aliphatic carbocycles. The van der Waals surface area contributed by atoms with Gasteiger partial charge in [0.05, 0.1) is 30.5 Å². The zero-order valence-corrected chi connectivity index (χ0v) is 13.9. The second kappa shape index (κ2) is 7.14. The summed E-state index contributed by atoms with van der Waals surface area (Å²) in [6.45, 7) is 0.539. The predicted octanol–water partition coefficient (Wildman–Crippen LogP) is 1.58. The zero-order chi connectivity index (χ0) is 17.8. The molecule has 1 atom stereocenters. The first-order chi connectivity index (χ1) is 12.8. The Hall–Kier alpha value is -3.55. The number of nitrogens with zero attached hydrogens (tertiary/aromatic N) is 6. The molecule has 0 radical (unpaired) electrons. The Morgan fingerprint density at radius 2 is 1.73 bits per heavy atom. The van der Waals surface area contributed by atoms with Crippen LogP contribution in [0.4, 0.5) is 0 Å². The smallest absolute Gasteiger partial charge is 0.242 e. The fourth-order valence-corrected chi connectivity index (χ4v) is 2.83. The molecule has 2 heterocycles. The number of carbonyl (C=O) groups is 1. The summed E-state index contributed by atoms with van der Waals surface area (Å²) in [6, 6.07) is 17.1. The summed E-state index contributed by atoms with van der Waals surface area (Å²) >= 11 is 0. The molecule has 26 heavy (non-hydrogen) atoms. The molecule has 0 fully saturated rings. The molecule has 0 saturated carbocycles. The summed E-state index contributed by atoms with van der Waals surface area (Å²) < 4.78 is 1.60. The van der Waals surface area contributed by atoms with Crippen molar-refractivity contribution in [3.8, 4) is 0 Å². The van der Waals surface area contributed by atoms with E-state index in [2.05, 4.69) is 25.8 Å². The topological polar surface area (TPSA) is 90.5 Å². The molecule has 2 aromatic carbocycles. The van der Waals surface area contributed by atoms with Gasteiger partial charge in [0, 0.05) is 0 Å². The van der Waals surface area contributed by atoms with Crippen LogP contribution in [0.5, 0.6) is 0 Å². The first kappa shape index (κ1) is 15.9. The Kier molecular flexibility index (Phi) is 4.38. The molecule has 4 rings (SSSR count). The maximum atomic E-state index is 12.6. The molecule has 130 valence electrons. The molecule has 0 saturated heterocycles. The third-order valence-corrected chi connectivity index (χ3v) is 4.06. The number of benzene rings is 2. The minimum absolute atomic E-state index is 0.0936. The van der Waals surface area contributed by atoms with Gasteiger partial charge in [-0.1, -0.05) is 47.7 Å². The van der Waals surface area contributed by atoms with Crippen LogP contribution in [0.2, 0.25) is 0 Å². The minimum atomic E-state index is -0.245. The number of nitrogens with one attached hydrogen (secondary N) is 1. The van der Waals surface area contributed by atoms with Crippen LogP contribution in [-0.4, -0.2) is 35.9 Å². The molecule has 1 amide bonds. The molecule has 8 nitrogen and oxygen atoms in total. The van der Waals surface area contributed by atoms with Gasteiger partial charge in [-0.05, 0) is 17.7 Å². The number of fused-ring (bicyclic) bond motifs is 1. The van der Waals surface area contributed by atoms with Crippen molar-refractivity contribution in [2.45, 2.75) is 19.1 Å². The Balaban J connectivity index is 1.52. The lowest BCUT2D eigenvalue weighted by Crippen LogP contribution is -2.34. The van der Waals surface area contributed by atoms with Crippen molar-refractivity contribution in [2.24, 2.45) is 0 Å². The van der Waals surface area contributed by atoms with E-state index in [9.17, 15) is 4.79 Å². The number of hydrogen-bond donors (Lipinski definition) is 1. The van der Waals surface area contributed by atoms with Crippen molar-refractivity contribution in [3.63, 3.8) is 0 Å². The van der Waals surface area contributed by atoms with E-state index in [-0.39, 0.29) is 18.5 Å². The lowest BCUT2D eigenvalue weighted by molar-refractivity contribution is -0.122. The summed E-state index contributed by atoms with van der Waals surface area (Å²) in [5.41, 5.74) is 2.58. The lowest BCUT2D eigenvalue weighted by Gasteiger charge is -2.18. The molecular formula is C18H17N7O. The average molecular weight is 347 g/mol. The van der Waals surface area contributed by atoms with Gasteiger partial charge in [-0.15, -0.1) is 5.10 Å². The van der Waals surface area contributed by atoms with Crippen molar-refractivity contribution < 1.29 is 4.79 Å². The van der Waals surface area contributed by atoms with Crippen molar-refractivity contribution in [3.05, 3.63) is 72.6 Å². The summed E-state index contributed by atoms with van der Waals surface area (Å²) in [4.78, 5) is 14.2. The minimum Gasteiger partial charge on any atom is -0.346 e. The molecule has 1 N–H and O–H groups in total. The van der Waals surface area contributed by atoms with E-state index in [1.807, 2.05) is 54.6 Å². The third-order valence-electron chi connectivity index (χ3n) is 4.06. The second-order valence-electron chi connectivity index (χ2n) is 5.85. The molecule has 0 bridgehead atoms. The van der Waals surface area contributed by atoms with Crippen LogP contribution < -0.4 is 5.32 Å². The van der Waals surface area contributed by atoms with E-state index < -0.39 is 0 Å². The average Bonchev–Trinajstić information content (AvgIpc) is 3.32. The summed E-state index contributed by atoms with van der Waals surface area (Å²) in [6.07, 6.45) is 3.23. The largest absolute Gasteiger partial charge is 0.346 e. The normalized spacial score (nSPS) is 12.2. The number of carbonyl (C=O) groups excluding carboxylic acids is 1. The van der Waals surface area contributed by atoms with Crippen LogP contribution in [0, 0.1) is 0 Å². The molecule has 2 aromatic heterocycles. The SMILES string of the molecule is O=C(Cn1nnc2ccccc21)NC(Cn1nccn1)c1ccccc1.